The first kappa shape index (κ1) is 19.1. The highest BCUT2D eigenvalue weighted by Crippen LogP contribution is 2.49. The molecule has 33 heavy (non-hydrogen) atoms. The van der Waals surface area contributed by atoms with E-state index in [0.29, 0.717) is 0 Å². The molecule has 0 bridgehead atoms. The van der Waals surface area contributed by atoms with Gasteiger partial charge in [-0.1, -0.05) is 74.5 Å². The van der Waals surface area contributed by atoms with Crippen LogP contribution in [0.3, 0.4) is 0 Å². The van der Waals surface area contributed by atoms with Crippen molar-refractivity contribution in [2.24, 2.45) is 0 Å². The van der Waals surface area contributed by atoms with Crippen LogP contribution in [0.1, 0.15) is 41.8 Å². The van der Waals surface area contributed by atoms with Crippen LogP contribution in [-0.4, -0.2) is 0 Å². The van der Waals surface area contributed by atoms with Crippen molar-refractivity contribution in [1.29, 1.82) is 0 Å². The van der Waals surface area contributed by atoms with Gasteiger partial charge < -0.3 is 5.32 Å². The zero-order valence-corrected chi connectivity index (χ0v) is 19.7. The van der Waals surface area contributed by atoms with Crippen molar-refractivity contribution in [3.05, 3.63) is 107 Å². The topological polar surface area (TPSA) is 12.0 Å². The van der Waals surface area contributed by atoms with Crippen molar-refractivity contribution in [1.82, 2.24) is 0 Å². The van der Waals surface area contributed by atoms with E-state index in [2.05, 4.69) is 104 Å². The summed E-state index contributed by atoms with van der Waals surface area (Å²) in [6, 6.07) is 29.2. The molecule has 1 nitrogen and oxygen atoms in total. The van der Waals surface area contributed by atoms with Gasteiger partial charge in [0.2, 0.25) is 0 Å². The minimum absolute atomic E-state index is 0.0176. The predicted octanol–water partition coefficient (Wildman–Crippen LogP) is 8.76. The maximum absolute atomic E-state index is 3.83. The fourth-order valence-corrected chi connectivity index (χ4v) is 7.07. The first-order valence-corrected chi connectivity index (χ1v) is 12.6. The van der Waals surface area contributed by atoms with E-state index < -0.39 is 0 Å². The van der Waals surface area contributed by atoms with Crippen LogP contribution in [-0.2, 0) is 11.8 Å². The average molecular weight is 444 g/mol. The number of thiophene rings is 1. The molecular formula is C31H25NS. The SMILES string of the molecule is CC1(C)c2ccccc2-c2ccc(NC3=CCCc4sc5cc6ccccc6cc5c43)cc21. The fraction of sp³-hybridized carbons (Fsp3) is 0.161. The molecule has 0 saturated carbocycles. The van der Waals surface area contributed by atoms with Crippen LogP contribution in [0.15, 0.2) is 84.9 Å². The summed E-state index contributed by atoms with van der Waals surface area (Å²) in [6.07, 6.45) is 4.60. The molecule has 0 atom stereocenters. The smallest absolute Gasteiger partial charge is 0.0435 e. The summed E-state index contributed by atoms with van der Waals surface area (Å²) in [7, 11) is 0. The molecule has 0 spiro atoms. The minimum Gasteiger partial charge on any atom is -0.355 e. The zero-order valence-electron chi connectivity index (χ0n) is 18.9. The molecule has 0 aliphatic heterocycles. The molecule has 7 rings (SSSR count). The first-order chi connectivity index (χ1) is 16.1. The molecular weight excluding hydrogens is 418 g/mol. The summed E-state index contributed by atoms with van der Waals surface area (Å²) in [4.78, 5) is 1.50. The van der Waals surface area contributed by atoms with Crippen LogP contribution < -0.4 is 5.32 Å². The van der Waals surface area contributed by atoms with Crippen molar-refractivity contribution < 1.29 is 0 Å². The van der Waals surface area contributed by atoms with Crippen molar-refractivity contribution in [3.63, 3.8) is 0 Å². The molecule has 1 aromatic heterocycles. The van der Waals surface area contributed by atoms with Crippen molar-refractivity contribution in [2.45, 2.75) is 32.1 Å². The van der Waals surface area contributed by atoms with Gasteiger partial charge in [-0.05, 0) is 70.1 Å². The number of anilines is 1. The number of benzene rings is 4. The van der Waals surface area contributed by atoms with Crippen LogP contribution in [0.5, 0.6) is 0 Å². The van der Waals surface area contributed by atoms with Gasteiger partial charge >= 0.3 is 0 Å². The van der Waals surface area contributed by atoms with E-state index in [1.54, 1.807) is 0 Å². The van der Waals surface area contributed by atoms with Gasteiger partial charge in [0.15, 0.2) is 0 Å². The van der Waals surface area contributed by atoms with Crippen LogP contribution >= 0.6 is 11.3 Å². The van der Waals surface area contributed by atoms with Crippen molar-refractivity contribution in [3.8, 4) is 11.1 Å². The van der Waals surface area contributed by atoms with E-state index in [1.807, 2.05) is 11.3 Å². The fourth-order valence-electron chi connectivity index (χ4n) is 5.81. The number of hydrogen-bond donors (Lipinski definition) is 1. The lowest BCUT2D eigenvalue weighted by Crippen LogP contribution is -2.15. The van der Waals surface area contributed by atoms with Gasteiger partial charge in [0.25, 0.3) is 0 Å². The van der Waals surface area contributed by atoms with Gasteiger partial charge in [-0.15, -0.1) is 11.3 Å². The van der Waals surface area contributed by atoms with Crippen LogP contribution in [0, 0.1) is 0 Å². The average Bonchev–Trinajstić information content (AvgIpc) is 3.30. The van der Waals surface area contributed by atoms with E-state index in [9.17, 15) is 0 Å². The summed E-state index contributed by atoms with van der Waals surface area (Å²) < 4.78 is 1.39. The van der Waals surface area contributed by atoms with Gasteiger partial charge in [0, 0.05) is 37.3 Å². The van der Waals surface area contributed by atoms with Gasteiger partial charge in [0.1, 0.15) is 0 Å². The molecule has 0 unspecified atom stereocenters. The third-order valence-electron chi connectivity index (χ3n) is 7.48. The molecule has 5 aromatic rings. The molecule has 2 aliphatic rings. The molecule has 4 aromatic carbocycles. The molecule has 0 saturated heterocycles. The van der Waals surface area contributed by atoms with E-state index in [0.717, 1.165) is 12.8 Å². The molecule has 0 amide bonds. The zero-order chi connectivity index (χ0) is 22.2. The largest absolute Gasteiger partial charge is 0.355 e. The lowest BCUT2D eigenvalue weighted by Gasteiger charge is -2.23. The molecule has 1 N–H and O–H groups in total. The van der Waals surface area contributed by atoms with Crippen molar-refractivity contribution >= 4 is 43.6 Å². The summed E-state index contributed by atoms with van der Waals surface area (Å²) in [5.74, 6) is 0. The second-order valence-electron chi connectivity index (χ2n) is 9.81. The molecule has 0 radical (unpaired) electrons. The first-order valence-electron chi connectivity index (χ1n) is 11.8. The second kappa shape index (κ2) is 6.82. The quantitative estimate of drug-likeness (QED) is 0.287. The Hall–Kier alpha value is -3.36. The Morgan fingerprint density at radius 2 is 1.55 bits per heavy atom. The number of hydrogen-bond acceptors (Lipinski definition) is 2. The lowest BCUT2D eigenvalue weighted by atomic mass is 9.82. The molecule has 0 fully saturated rings. The van der Waals surface area contributed by atoms with Crippen LogP contribution in [0.4, 0.5) is 5.69 Å². The third-order valence-corrected chi connectivity index (χ3v) is 8.69. The summed E-state index contributed by atoms with van der Waals surface area (Å²) in [6.45, 7) is 4.69. The highest BCUT2D eigenvalue weighted by molar-refractivity contribution is 7.19. The van der Waals surface area contributed by atoms with Gasteiger partial charge in [-0.2, -0.15) is 0 Å². The standard InChI is InChI=1S/C31H25NS/c1-31(2)25-11-6-5-10-22(25)23-15-14-21(18-26(23)31)32-27-12-7-13-28-30(27)24-16-19-8-3-4-9-20(19)17-29(24)33-28/h3-6,8-12,14-18,32H,7,13H2,1-2H3. The van der Waals surface area contributed by atoms with E-state index in [-0.39, 0.29) is 5.41 Å². The molecule has 1 heterocycles. The van der Waals surface area contributed by atoms with E-state index >= 15 is 0 Å². The van der Waals surface area contributed by atoms with Crippen LogP contribution in [0.25, 0.3) is 37.7 Å². The Morgan fingerprint density at radius 1 is 0.788 bits per heavy atom. The van der Waals surface area contributed by atoms with Gasteiger partial charge in [0.05, 0.1) is 0 Å². The summed E-state index contributed by atoms with van der Waals surface area (Å²) in [5.41, 5.74) is 9.42. The second-order valence-corrected chi connectivity index (χ2v) is 10.9. The summed E-state index contributed by atoms with van der Waals surface area (Å²) in [5, 5.41) is 7.84. The molecule has 2 heteroatoms. The normalized spacial score (nSPS) is 15.8. The Kier molecular flexibility index (Phi) is 3.96. The Morgan fingerprint density at radius 3 is 2.42 bits per heavy atom. The maximum Gasteiger partial charge on any atom is 0.0435 e. The predicted molar refractivity (Wildman–Crippen MR) is 143 cm³/mol. The Bertz CT molecular complexity index is 1620. The minimum atomic E-state index is 0.0176. The van der Waals surface area contributed by atoms with E-state index in [1.165, 1.54) is 64.9 Å². The lowest BCUT2D eigenvalue weighted by molar-refractivity contribution is 0.660. The Balaban J connectivity index is 1.32. The van der Waals surface area contributed by atoms with Gasteiger partial charge in [-0.3, -0.25) is 0 Å². The van der Waals surface area contributed by atoms with Crippen molar-refractivity contribution in [2.75, 3.05) is 5.32 Å². The monoisotopic (exact) mass is 443 g/mol. The maximum atomic E-state index is 3.83. The number of nitrogens with one attached hydrogen (secondary N) is 1. The highest BCUT2D eigenvalue weighted by atomic mass is 32.1. The van der Waals surface area contributed by atoms with Gasteiger partial charge in [-0.25, -0.2) is 0 Å². The Labute approximate surface area is 198 Å². The van der Waals surface area contributed by atoms with Crippen LogP contribution in [0.2, 0.25) is 0 Å². The number of allylic oxidation sites excluding steroid dienone is 1. The third kappa shape index (κ3) is 2.77. The highest BCUT2D eigenvalue weighted by Gasteiger charge is 2.35. The number of fused-ring (bicyclic) bond motifs is 7. The number of aryl methyl sites for hydroxylation is 1. The van der Waals surface area contributed by atoms with E-state index in [4.69, 9.17) is 0 Å². The molecule has 160 valence electrons. The summed E-state index contributed by atoms with van der Waals surface area (Å²) >= 11 is 1.96. The molecule has 2 aliphatic carbocycles. The number of rotatable bonds is 2.